The van der Waals surface area contributed by atoms with Crippen molar-refractivity contribution in [1.29, 1.82) is 0 Å². The number of carbonyl (C=O) groups is 2. The molecule has 0 aromatic carbocycles. The Morgan fingerprint density at radius 1 is 1.20 bits per heavy atom. The summed E-state index contributed by atoms with van der Waals surface area (Å²) < 4.78 is 5.05. The van der Waals surface area contributed by atoms with Gasteiger partial charge in [-0.3, -0.25) is 0 Å². The molecule has 0 aliphatic carbocycles. The number of amides is 1. The fraction of sp³-hybridized carbons (Fsp3) is 0.857. The SMILES string of the molecule is CCCNCCCC[C@H](NC(=O)OC(C)(C)C)C(=O)O. The second kappa shape index (κ2) is 9.58. The highest BCUT2D eigenvalue weighted by molar-refractivity contribution is 5.79. The number of hydrogen-bond donors (Lipinski definition) is 3. The van der Waals surface area contributed by atoms with Gasteiger partial charge in [0.15, 0.2) is 0 Å². The van der Waals surface area contributed by atoms with Crippen molar-refractivity contribution in [2.45, 2.75) is 65.0 Å². The number of hydrogen-bond acceptors (Lipinski definition) is 4. The van der Waals surface area contributed by atoms with Gasteiger partial charge in [-0.25, -0.2) is 9.59 Å². The minimum absolute atomic E-state index is 0.405. The van der Waals surface area contributed by atoms with Gasteiger partial charge in [-0.1, -0.05) is 6.92 Å². The molecule has 0 aromatic heterocycles. The van der Waals surface area contributed by atoms with Crippen molar-refractivity contribution < 1.29 is 19.4 Å². The maximum absolute atomic E-state index is 11.5. The van der Waals surface area contributed by atoms with E-state index in [2.05, 4.69) is 17.6 Å². The van der Waals surface area contributed by atoms with Crippen molar-refractivity contribution in [3.8, 4) is 0 Å². The van der Waals surface area contributed by atoms with Crippen LogP contribution in [0.4, 0.5) is 4.79 Å². The average molecular weight is 288 g/mol. The van der Waals surface area contributed by atoms with Crippen LogP contribution in [0, 0.1) is 0 Å². The molecule has 118 valence electrons. The number of nitrogens with one attached hydrogen (secondary N) is 2. The molecule has 1 atom stereocenters. The first-order valence-corrected chi connectivity index (χ1v) is 7.19. The van der Waals surface area contributed by atoms with Crippen LogP contribution in [0.5, 0.6) is 0 Å². The lowest BCUT2D eigenvalue weighted by Gasteiger charge is -2.22. The number of unbranched alkanes of at least 4 members (excludes halogenated alkanes) is 1. The molecule has 0 heterocycles. The summed E-state index contributed by atoms with van der Waals surface area (Å²) in [6, 6.07) is -0.893. The van der Waals surface area contributed by atoms with Crippen LogP contribution < -0.4 is 10.6 Å². The van der Waals surface area contributed by atoms with E-state index in [-0.39, 0.29) is 0 Å². The first-order valence-electron chi connectivity index (χ1n) is 7.19. The van der Waals surface area contributed by atoms with E-state index in [0.29, 0.717) is 6.42 Å². The van der Waals surface area contributed by atoms with Crippen LogP contribution in [0.1, 0.15) is 53.4 Å². The van der Waals surface area contributed by atoms with Crippen molar-refractivity contribution in [3.05, 3.63) is 0 Å². The molecule has 0 spiro atoms. The Labute approximate surface area is 121 Å². The predicted octanol–water partition coefficient (Wildman–Crippen LogP) is 2.13. The zero-order valence-electron chi connectivity index (χ0n) is 13.0. The smallest absolute Gasteiger partial charge is 0.408 e. The van der Waals surface area contributed by atoms with Crippen LogP contribution in [-0.2, 0) is 9.53 Å². The van der Waals surface area contributed by atoms with Crippen molar-refractivity contribution in [2.24, 2.45) is 0 Å². The molecule has 0 aliphatic rings. The summed E-state index contributed by atoms with van der Waals surface area (Å²) >= 11 is 0. The highest BCUT2D eigenvalue weighted by atomic mass is 16.6. The first-order chi connectivity index (χ1) is 9.26. The number of carbonyl (C=O) groups excluding carboxylic acids is 1. The fourth-order valence-electron chi connectivity index (χ4n) is 1.61. The summed E-state index contributed by atoms with van der Waals surface area (Å²) in [5.74, 6) is -1.03. The number of rotatable bonds is 9. The van der Waals surface area contributed by atoms with E-state index in [0.717, 1.165) is 32.4 Å². The van der Waals surface area contributed by atoms with Gasteiger partial charge in [0.25, 0.3) is 0 Å². The van der Waals surface area contributed by atoms with Gasteiger partial charge in [0.2, 0.25) is 0 Å². The summed E-state index contributed by atoms with van der Waals surface area (Å²) in [6.45, 7) is 9.15. The lowest BCUT2D eigenvalue weighted by molar-refractivity contribution is -0.139. The Morgan fingerprint density at radius 3 is 2.35 bits per heavy atom. The Hall–Kier alpha value is -1.30. The number of carboxylic acids is 1. The maximum Gasteiger partial charge on any atom is 0.408 e. The van der Waals surface area contributed by atoms with E-state index in [1.807, 2.05) is 0 Å². The quantitative estimate of drug-likeness (QED) is 0.566. The summed E-state index contributed by atoms with van der Waals surface area (Å²) in [5.41, 5.74) is -0.628. The molecule has 0 aromatic rings. The molecule has 0 unspecified atom stereocenters. The molecule has 0 radical (unpaired) electrons. The standard InChI is InChI=1S/C14H28N2O4/c1-5-9-15-10-7-6-8-11(12(17)18)16-13(19)20-14(2,3)4/h11,15H,5-10H2,1-4H3,(H,16,19)(H,17,18)/t11-/m0/s1. The fourth-order valence-corrected chi connectivity index (χ4v) is 1.61. The number of ether oxygens (including phenoxy) is 1. The third-order valence-corrected chi connectivity index (χ3v) is 2.51. The predicted molar refractivity (Wildman–Crippen MR) is 77.8 cm³/mol. The van der Waals surface area contributed by atoms with E-state index < -0.39 is 23.7 Å². The van der Waals surface area contributed by atoms with Gasteiger partial charge in [-0.05, 0) is 59.5 Å². The van der Waals surface area contributed by atoms with Gasteiger partial charge in [0.1, 0.15) is 11.6 Å². The Morgan fingerprint density at radius 2 is 1.85 bits per heavy atom. The Kier molecular flexibility index (Phi) is 8.96. The topological polar surface area (TPSA) is 87.7 Å². The highest BCUT2D eigenvalue weighted by Crippen LogP contribution is 2.08. The van der Waals surface area contributed by atoms with Crippen molar-refractivity contribution >= 4 is 12.1 Å². The van der Waals surface area contributed by atoms with Crippen LogP contribution in [0.25, 0.3) is 0 Å². The third kappa shape index (κ3) is 10.6. The van der Waals surface area contributed by atoms with Gasteiger partial charge < -0.3 is 20.5 Å². The van der Waals surface area contributed by atoms with Gasteiger partial charge >= 0.3 is 12.1 Å². The zero-order valence-corrected chi connectivity index (χ0v) is 13.0. The number of alkyl carbamates (subject to hydrolysis) is 1. The van der Waals surface area contributed by atoms with Crippen LogP contribution in [0.3, 0.4) is 0 Å². The van der Waals surface area contributed by atoms with E-state index in [1.54, 1.807) is 20.8 Å². The molecule has 0 saturated carbocycles. The van der Waals surface area contributed by atoms with Gasteiger partial charge in [-0.15, -0.1) is 0 Å². The second-order valence-electron chi connectivity index (χ2n) is 5.78. The van der Waals surface area contributed by atoms with Crippen molar-refractivity contribution in [3.63, 3.8) is 0 Å². The molecule has 0 fully saturated rings. The summed E-state index contributed by atoms with van der Waals surface area (Å²) in [4.78, 5) is 22.6. The first kappa shape index (κ1) is 18.7. The van der Waals surface area contributed by atoms with Crippen molar-refractivity contribution in [1.82, 2.24) is 10.6 Å². The minimum atomic E-state index is -1.03. The third-order valence-electron chi connectivity index (χ3n) is 2.51. The molecule has 3 N–H and O–H groups in total. The van der Waals surface area contributed by atoms with Gasteiger partial charge in [0.05, 0.1) is 0 Å². The molecular formula is C14H28N2O4. The van der Waals surface area contributed by atoms with Gasteiger partial charge in [0, 0.05) is 0 Å². The van der Waals surface area contributed by atoms with Crippen molar-refractivity contribution in [2.75, 3.05) is 13.1 Å². The second-order valence-corrected chi connectivity index (χ2v) is 5.78. The van der Waals surface area contributed by atoms with Crippen LogP contribution in [0.2, 0.25) is 0 Å². The summed E-state index contributed by atoms with van der Waals surface area (Å²) in [6.07, 6.45) is 2.43. The average Bonchev–Trinajstić information content (AvgIpc) is 2.29. The van der Waals surface area contributed by atoms with Crippen LogP contribution >= 0.6 is 0 Å². The maximum atomic E-state index is 11.5. The molecule has 0 rings (SSSR count). The summed E-state index contributed by atoms with van der Waals surface area (Å²) in [5, 5.41) is 14.7. The molecule has 6 nitrogen and oxygen atoms in total. The minimum Gasteiger partial charge on any atom is -0.480 e. The molecule has 0 bridgehead atoms. The Balaban J connectivity index is 3.99. The number of carboxylic acid groups (broad SMARTS) is 1. The lowest BCUT2D eigenvalue weighted by atomic mass is 10.1. The molecule has 6 heteroatoms. The van der Waals surface area contributed by atoms with Crippen LogP contribution in [-0.4, -0.2) is 41.9 Å². The van der Waals surface area contributed by atoms with E-state index in [9.17, 15) is 9.59 Å². The normalized spacial score (nSPS) is 12.8. The molecule has 20 heavy (non-hydrogen) atoms. The van der Waals surface area contributed by atoms with E-state index in [4.69, 9.17) is 9.84 Å². The Bertz CT molecular complexity index is 300. The number of aliphatic carboxylic acids is 1. The lowest BCUT2D eigenvalue weighted by Crippen LogP contribution is -2.43. The molecule has 0 aliphatic heterocycles. The molecule has 1 amide bonds. The highest BCUT2D eigenvalue weighted by Gasteiger charge is 2.23. The van der Waals surface area contributed by atoms with Gasteiger partial charge in [-0.2, -0.15) is 0 Å². The largest absolute Gasteiger partial charge is 0.480 e. The van der Waals surface area contributed by atoms with E-state index >= 15 is 0 Å². The summed E-state index contributed by atoms with van der Waals surface area (Å²) in [7, 11) is 0. The molecule has 0 saturated heterocycles. The zero-order chi connectivity index (χ0) is 15.6. The molecular weight excluding hydrogens is 260 g/mol. The van der Waals surface area contributed by atoms with Crippen LogP contribution in [0.15, 0.2) is 0 Å². The monoisotopic (exact) mass is 288 g/mol. The van der Waals surface area contributed by atoms with E-state index in [1.165, 1.54) is 0 Å².